The molecule has 3 amide bonds. The van der Waals surface area contributed by atoms with Crippen LogP contribution in [0.3, 0.4) is 0 Å². The quantitative estimate of drug-likeness (QED) is 0.637. The summed E-state index contributed by atoms with van der Waals surface area (Å²) in [5.41, 5.74) is -0.403. The van der Waals surface area contributed by atoms with E-state index in [0.717, 1.165) is 6.41 Å². The summed E-state index contributed by atoms with van der Waals surface area (Å²) in [6.07, 6.45) is 1.91. The van der Waals surface area contributed by atoms with Gasteiger partial charge in [0.15, 0.2) is 0 Å². The minimum absolute atomic E-state index is 0.138. The highest BCUT2D eigenvalue weighted by atomic mass is 16.5. The number of hydrogen-bond acceptors (Lipinski definition) is 4. The number of hydrogen-bond donors (Lipinski definition) is 1. The van der Waals surface area contributed by atoms with Crippen molar-refractivity contribution < 1.29 is 19.1 Å². The van der Waals surface area contributed by atoms with E-state index in [1.54, 1.807) is 28.0 Å². The fourth-order valence-electron chi connectivity index (χ4n) is 2.99. The van der Waals surface area contributed by atoms with E-state index in [9.17, 15) is 14.4 Å². The minimum Gasteiger partial charge on any atom is -0.495 e. The van der Waals surface area contributed by atoms with Gasteiger partial charge in [-0.1, -0.05) is 12.1 Å². The first kappa shape index (κ1) is 16.3. The molecule has 1 aliphatic heterocycles. The second-order valence-corrected chi connectivity index (χ2v) is 6.17. The van der Waals surface area contributed by atoms with E-state index in [0.29, 0.717) is 50.5 Å². The molecule has 1 N–H and O–H groups in total. The highest BCUT2D eigenvalue weighted by Gasteiger charge is 2.58. The predicted molar refractivity (Wildman–Crippen MR) is 87.5 cm³/mol. The molecule has 2 fully saturated rings. The molecular formula is C17H21N3O4. The molecule has 2 aliphatic rings. The second kappa shape index (κ2) is 6.51. The molecule has 1 saturated heterocycles. The standard InChI is InChI=1S/C17H21N3O4/c1-24-14-5-3-2-4-13(14)18-15(22)17(6-7-17)16(23)20-10-8-19(12-21)9-11-20/h2-5,12H,6-11H2,1H3,(H,18,22). The smallest absolute Gasteiger partial charge is 0.240 e. The number of nitrogens with one attached hydrogen (secondary N) is 1. The van der Waals surface area contributed by atoms with E-state index < -0.39 is 5.41 Å². The van der Waals surface area contributed by atoms with Crippen LogP contribution in [0.2, 0.25) is 0 Å². The van der Waals surface area contributed by atoms with Gasteiger partial charge < -0.3 is 19.9 Å². The Morgan fingerprint density at radius 1 is 1.17 bits per heavy atom. The third-order valence-electron chi connectivity index (χ3n) is 4.70. The van der Waals surface area contributed by atoms with Crippen molar-refractivity contribution in [2.45, 2.75) is 12.8 Å². The Kier molecular flexibility index (Phi) is 4.42. The molecule has 0 radical (unpaired) electrons. The van der Waals surface area contributed by atoms with Gasteiger partial charge in [0, 0.05) is 26.2 Å². The van der Waals surface area contributed by atoms with Crippen molar-refractivity contribution in [3.63, 3.8) is 0 Å². The van der Waals surface area contributed by atoms with Gasteiger partial charge in [0.1, 0.15) is 11.2 Å². The highest BCUT2D eigenvalue weighted by Crippen LogP contribution is 2.48. The van der Waals surface area contributed by atoms with Crippen molar-refractivity contribution in [3.8, 4) is 5.75 Å². The van der Waals surface area contributed by atoms with Gasteiger partial charge >= 0.3 is 0 Å². The van der Waals surface area contributed by atoms with Crippen molar-refractivity contribution in [1.82, 2.24) is 9.80 Å². The molecule has 1 saturated carbocycles. The lowest BCUT2D eigenvalue weighted by Crippen LogP contribution is -2.52. The number of piperazine rings is 1. The molecule has 7 heteroatoms. The number of ether oxygens (including phenoxy) is 1. The molecule has 0 unspecified atom stereocenters. The van der Waals surface area contributed by atoms with E-state index >= 15 is 0 Å². The summed E-state index contributed by atoms with van der Waals surface area (Å²) < 4.78 is 5.23. The number of nitrogens with zero attached hydrogens (tertiary/aromatic N) is 2. The number of para-hydroxylation sites is 2. The van der Waals surface area contributed by atoms with Crippen LogP contribution < -0.4 is 10.1 Å². The Morgan fingerprint density at radius 2 is 1.83 bits per heavy atom. The predicted octanol–water partition coefficient (Wildman–Crippen LogP) is 0.714. The molecule has 1 aliphatic carbocycles. The van der Waals surface area contributed by atoms with Gasteiger partial charge in [-0.3, -0.25) is 14.4 Å². The molecule has 128 valence electrons. The maximum Gasteiger partial charge on any atom is 0.240 e. The van der Waals surface area contributed by atoms with Crippen molar-refractivity contribution >= 4 is 23.9 Å². The maximum absolute atomic E-state index is 12.8. The van der Waals surface area contributed by atoms with E-state index in [2.05, 4.69) is 5.32 Å². The lowest BCUT2D eigenvalue weighted by molar-refractivity contribution is -0.144. The first-order valence-corrected chi connectivity index (χ1v) is 8.04. The molecule has 0 atom stereocenters. The summed E-state index contributed by atoms with van der Waals surface area (Å²) in [5.74, 6) is 0.143. The van der Waals surface area contributed by atoms with Gasteiger partial charge in [0.2, 0.25) is 18.2 Å². The summed E-state index contributed by atoms with van der Waals surface area (Å²) in [4.78, 5) is 39.6. The Labute approximate surface area is 140 Å². The Balaban J connectivity index is 1.68. The van der Waals surface area contributed by atoms with Gasteiger partial charge in [-0.25, -0.2) is 0 Å². The molecule has 1 aromatic rings. The van der Waals surface area contributed by atoms with Crippen molar-refractivity contribution in [2.75, 3.05) is 38.6 Å². The summed E-state index contributed by atoms with van der Waals surface area (Å²) in [7, 11) is 1.54. The number of carbonyl (C=O) groups excluding carboxylic acids is 3. The number of amides is 3. The zero-order valence-electron chi connectivity index (χ0n) is 13.7. The van der Waals surface area contributed by atoms with Crippen LogP contribution in [0.1, 0.15) is 12.8 Å². The normalized spacial score (nSPS) is 18.7. The van der Waals surface area contributed by atoms with E-state index in [1.807, 2.05) is 6.07 Å². The number of rotatable bonds is 5. The zero-order chi connectivity index (χ0) is 17.2. The minimum atomic E-state index is -0.968. The average molecular weight is 331 g/mol. The van der Waals surface area contributed by atoms with Crippen LogP contribution >= 0.6 is 0 Å². The Morgan fingerprint density at radius 3 is 2.42 bits per heavy atom. The second-order valence-electron chi connectivity index (χ2n) is 6.17. The van der Waals surface area contributed by atoms with Crippen molar-refractivity contribution in [1.29, 1.82) is 0 Å². The van der Waals surface area contributed by atoms with Crippen molar-refractivity contribution in [2.24, 2.45) is 5.41 Å². The van der Waals surface area contributed by atoms with Crippen LogP contribution in [0, 0.1) is 5.41 Å². The van der Waals surface area contributed by atoms with E-state index in [1.165, 1.54) is 7.11 Å². The first-order valence-electron chi connectivity index (χ1n) is 8.04. The molecule has 3 rings (SSSR count). The zero-order valence-corrected chi connectivity index (χ0v) is 13.7. The molecule has 1 aromatic carbocycles. The van der Waals surface area contributed by atoms with Crippen LogP contribution in [-0.2, 0) is 14.4 Å². The summed E-state index contributed by atoms with van der Waals surface area (Å²) in [5, 5.41) is 2.83. The molecular weight excluding hydrogens is 310 g/mol. The molecule has 7 nitrogen and oxygen atoms in total. The molecule has 0 aromatic heterocycles. The summed E-state index contributed by atoms with van der Waals surface area (Å²) in [6, 6.07) is 7.13. The van der Waals surface area contributed by atoms with Crippen molar-refractivity contribution in [3.05, 3.63) is 24.3 Å². The maximum atomic E-state index is 12.8. The molecule has 0 bridgehead atoms. The van der Waals surface area contributed by atoms with Crippen LogP contribution in [-0.4, -0.2) is 61.3 Å². The van der Waals surface area contributed by atoms with Crippen LogP contribution in [0.25, 0.3) is 0 Å². The molecule has 0 spiro atoms. The SMILES string of the molecule is COc1ccccc1NC(=O)C1(C(=O)N2CCN(C=O)CC2)CC1. The average Bonchev–Trinajstić information content (AvgIpc) is 3.43. The fourth-order valence-corrected chi connectivity index (χ4v) is 2.99. The number of anilines is 1. The lowest BCUT2D eigenvalue weighted by Gasteiger charge is -2.34. The lowest BCUT2D eigenvalue weighted by atomic mass is 10.0. The van der Waals surface area contributed by atoms with Crippen LogP contribution in [0.5, 0.6) is 5.75 Å². The van der Waals surface area contributed by atoms with E-state index in [4.69, 9.17) is 4.74 Å². The highest BCUT2D eigenvalue weighted by molar-refractivity contribution is 6.13. The largest absolute Gasteiger partial charge is 0.495 e. The van der Waals surface area contributed by atoms with Gasteiger partial charge in [0.05, 0.1) is 12.8 Å². The van der Waals surface area contributed by atoms with E-state index in [-0.39, 0.29) is 11.8 Å². The van der Waals surface area contributed by atoms with Gasteiger partial charge in [-0.15, -0.1) is 0 Å². The van der Waals surface area contributed by atoms with Gasteiger partial charge in [-0.2, -0.15) is 0 Å². The third-order valence-corrected chi connectivity index (χ3v) is 4.70. The number of methoxy groups -OCH3 is 1. The third kappa shape index (κ3) is 2.93. The monoisotopic (exact) mass is 331 g/mol. The number of carbonyl (C=O) groups is 3. The summed E-state index contributed by atoms with van der Waals surface area (Å²) >= 11 is 0. The number of benzene rings is 1. The topological polar surface area (TPSA) is 79.0 Å². The Hall–Kier alpha value is -2.57. The van der Waals surface area contributed by atoms with Gasteiger partial charge in [-0.05, 0) is 25.0 Å². The Bertz CT molecular complexity index is 649. The van der Waals surface area contributed by atoms with Crippen LogP contribution in [0.4, 0.5) is 5.69 Å². The van der Waals surface area contributed by atoms with Crippen LogP contribution in [0.15, 0.2) is 24.3 Å². The molecule has 24 heavy (non-hydrogen) atoms. The summed E-state index contributed by atoms with van der Waals surface area (Å²) in [6.45, 7) is 1.97. The molecule has 1 heterocycles. The van der Waals surface area contributed by atoms with Gasteiger partial charge in [0.25, 0.3) is 0 Å². The fraction of sp³-hybridized carbons (Fsp3) is 0.471. The first-order chi connectivity index (χ1) is 11.6.